The zero-order chi connectivity index (χ0) is 55.5. The van der Waals surface area contributed by atoms with E-state index in [1.807, 2.05) is 41.5 Å². The van der Waals surface area contributed by atoms with Gasteiger partial charge in [-0.2, -0.15) is 0 Å². The monoisotopic (exact) mass is 1030 g/mol. The van der Waals surface area contributed by atoms with E-state index in [0.717, 1.165) is 5.56 Å². The summed E-state index contributed by atoms with van der Waals surface area (Å²) in [5.41, 5.74) is 23.7. The van der Waals surface area contributed by atoms with E-state index in [9.17, 15) is 38.4 Å². The Kier molecular flexibility index (Phi) is 29.6. The van der Waals surface area contributed by atoms with Crippen molar-refractivity contribution >= 4 is 59.1 Å². The summed E-state index contributed by atoms with van der Waals surface area (Å²) in [7, 11) is 0. The van der Waals surface area contributed by atoms with Crippen LogP contribution in [0.4, 0.5) is 0 Å². The summed E-state index contributed by atoms with van der Waals surface area (Å²) >= 11 is 0. The number of nitrogen functional groups attached to an aromatic ring is 1. The molecule has 73 heavy (non-hydrogen) atoms. The van der Waals surface area contributed by atoms with E-state index in [1.165, 1.54) is 6.92 Å². The lowest BCUT2D eigenvalue weighted by Gasteiger charge is -2.31. The number of carbonyl (C=O) groups is 8. The Bertz CT molecular complexity index is 1990. The topological polar surface area (TPSA) is 373 Å². The van der Waals surface area contributed by atoms with Gasteiger partial charge >= 0.3 is 0 Å². The lowest BCUT2D eigenvalue weighted by atomic mass is 9.94. The van der Waals surface area contributed by atoms with E-state index < -0.39 is 107 Å². The summed E-state index contributed by atoms with van der Waals surface area (Å²) in [6, 6.07) is -0.869. The average molecular weight is 1030 g/mol. The van der Waals surface area contributed by atoms with Gasteiger partial charge in [-0.3, -0.25) is 48.8 Å². The molecule has 22 nitrogen and oxygen atoms in total. The highest BCUT2D eigenvalue weighted by Crippen LogP contribution is 2.16. The number of unbranched alkanes of at least 4 members (excludes halogenated alkanes) is 1. The summed E-state index contributed by atoms with van der Waals surface area (Å²) in [6.07, 6.45) is 3.10. The van der Waals surface area contributed by atoms with Crippen molar-refractivity contribution in [2.75, 3.05) is 13.1 Å². The number of rotatable bonds is 34. The highest BCUT2D eigenvalue weighted by Gasteiger charge is 2.37. The van der Waals surface area contributed by atoms with Crippen LogP contribution in [0.1, 0.15) is 145 Å². The molecule has 1 aromatic rings. The minimum atomic E-state index is -1.25. The first kappa shape index (κ1) is 64.7. The zero-order valence-corrected chi connectivity index (χ0v) is 45.2. The maximum Gasteiger partial charge on any atom is 0.243 e. The third kappa shape index (κ3) is 24.3. The third-order valence-electron chi connectivity index (χ3n) is 12.5. The van der Waals surface area contributed by atoms with Crippen molar-refractivity contribution in [3.63, 3.8) is 0 Å². The second-order valence-corrected chi connectivity index (χ2v) is 20.2. The standard InChI is InChI=1S/C51H90N14O8/c1-12-31(9)41(65-50(73)42(32(10)13-2)64-47(70)39(26-29(5)6)62-46(69)38(25-28(3)4)59-33(11)66)49(72)61-37(18-16-24-57-51(55)56)45(68)63-40(30(7)8)48(71)60-36(17-14-15-23-52)44(67)58-27-34-19-21-35(22-20-34)43(53)54/h19-22,28-32,36-42H,12-18,23-27,52H2,1-11H3,(H3,53,54)(H,58,67)(H,59,66)(H,60,71)(H,61,72)(H,62,69)(H,63,68)(H,64,70)(H,65,73)(H4,55,56,57)/t31-,32-,36-,37-,38+,39-,40-,41-,42-/m0/s1. The number of carbonyl (C=O) groups excluding carboxylic acids is 8. The molecule has 0 saturated carbocycles. The van der Waals surface area contributed by atoms with E-state index in [1.54, 1.807) is 52.0 Å². The van der Waals surface area contributed by atoms with Gasteiger partial charge in [0.1, 0.15) is 48.1 Å². The van der Waals surface area contributed by atoms with Crippen molar-refractivity contribution in [1.29, 1.82) is 5.41 Å². The van der Waals surface area contributed by atoms with Crippen LogP contribution >= 0.6 is 0 Å². The number of guanidine groups is 1. The van der Waals surface area contributed by atoms with Crippen molar-refractivity contribution in [3.05, 3.63) is 35.4 Å². The number of nitrogens with zero attached hydrogens (tertiary/aromatic N) is 1. The number of nitrogens with two attached hydrogens (primary N) is 4. The highest BCUT2D eigenvalue weighted by molar-refractivity contribution is 5.98. The molecule has 8 amide bonds. The van der Waals surface area contributed by atoms with Crippen LogP contribution in [-0.2, 0) is 44.9 Å². The molecule has 0 heterocycles. The van der Waals surface area contributed by atoms with E-state index in [0.29, 0.717) is 44.2 Å². The van der Waals surface area contributed by atoms with Crippen molar-refractivity contribution in [1.82, 2.24) is 42.5 Å². The Morgan fingerprint density at radius 2 is 0.973 bits per heavy atom. The first-order chi connectivity index (χ1) is 34.3. The Hall–Kier alpha value is -6.32. The maximum atomic E-state index is 14.4. The first-order valence-electron chi connectivity index (χ1n) is 25.8. The van der Waals surface area contributed by atoms with Crippen molar-refractivity contribution in [2.24, 2.45) is 57.5 Å². The molecule has 1 aromatic carbocycles. The quantitative estimate of drug-likeness (QED) is 0.0262. The average Bonchev–Trinajstić information content (AvgIpc) is 3.32. The van der Waals surface area contributed by atoms with Gasteiger partial charge in [-0.25, -0.2) is 0 Å². The molecule has 0 radical (unpaired) electrons. The van der Waals surface area contributed by atoms with Gasteiger partial charge in [-0.05, 0) is 86.6 Å². The van der Waals surface area contributed by atoms with Crippen LogP contribution in [0.2, 0.25) is 0 Å². The lowest BCUT2D eigenvalue weighted by molar-refractivity contribution is -0.137. The molecule has 0 aliphatic carbocycles. The van der Waals surface area contributed by atoms with E-state index in [4.69, 9.17) is 28.3 Å². The fourth-order valence-electron chi connectivity index (χ4n) is 7.78. The molecular formula is C51H90N14O8. The summed E-state index contributed by atoms with van der Waals surface area (Å²) in [5, 5.41) is 30.0. The molecular weight excluding hydrogens is 937 g/mol. The van der Waals surface area contributed by atoms with Crippen molar-refractivity contribution < 1.29 is 38.4 Å². The number of hydrogen-bond donors (Lipinski definition) is 13. The molecule has 0 bridgehead atoms. The number of benzene rings is 1. The number of nitrogens with one attached hydrogen (secondary N) is 9. The summed E-state index contributed by atoms with van der Waals surface area (Å²) < 4.78 is 0. The van der Waals surface area contributed by atoms with Gasteiger partial charge < -0.3 is 65.5 Å². The van der Waals surface area contributed by atoms with Crippen molar-refractivity contribution in [2.45, 2.75) is 183 Å². The molecule has 0 fully saturated rings. The van der Waals surface area contributed by atoms with Gasteiger partial charge in [0.05, 0.1) is 0 Å². The van der Waals surface area contributed by atoms with Crippen LogP contribution in [0.25, 0.3) is 0 Å². The fraction of sp³-hybridized carbons (Fsp3) is 0.686. The molecule has 1 rings (SSSR count). The molecule has 9 atom stereocenters. The van der Waals surface area contributed by atoms with Gasteiger partial charge in [0, 0.05) is 25.6 Å². The number of amidine groups is 1. The smallest absolute Gasteiger partial charge is 0.243 e. The van der Waals surface area contributed by atoms with Crippen LogP contribution < -0.4 is 65.5 Å². The van der Waals surface area contributed by atoms with Crippen LogP contribution in [0.3, 0.4) is 0 Å². The predicted octanol–water partition coefficient (Wildman–Crippen LogP) is 1.02. The second kappa shape index (κ2) is 33.4. The van der Waals surface area contributed by atoms with Gasteiger partial charge in [0.2, 0.25) is 47.3 Å². The largest absolute Gasteiger partial charge is 0.384 e. The Labute approximate surface area is 432 Å². The zero-order valence-electron chi connectivity index (χ0n) is 45.2. The Balaban J connectivity index is 3.48. The van der Waals surface area contributed by atoms with Crippen molar-refractivity contribution in [3.8, 4) is 0 Å². The van der Waals surface area contributed by atoms with E-state index in [-0.39, 0.29) is 62.4 Å². The van der Waals surface area contributed by atoms with Crippen LogP contribution in [0.15, 0.2) is 29.3 Å². The minimum Gasteiger partial charge on any atom is -0.384 e. The molecule has 412 valence electrons. The Morgan fingerprint density at radius 3 is 1.44 bits per heavy atom. The second-order valence-electron chi connectivity index (χ2n) is 20.2. The first-order valence-corrected chi connectivity index (χ1v) is 25.8. The van der Waals surface area contributed by atoms with E-state index >= 15 is 0 Å². The molecule has 0 aromatic heterocycles. The Morgan fingerprint density at radius 1 is 0.548 bits per heavy atom. The van der Waals surface area contributed by atoms with E-state index in [2.05, 4.69) is 47.5 Å². The molecule has 0 spiro atoms. The lowest BCUT2D eigenvalue weighted by Crippen LogP contribution is -2.62. The maximum absolute atomic E-state index is 14.4. The third-order valence-corrected chi connectivity index (χ3v) is 12.5. The molecule has 0 aliphatic heterocycles. The molecule has 0 unspecified atom stereocenters. The van der Waals surface area contributed by atoms with Gasteiger partial charge in [-0.1, -0.05) is 106 Å². The number of hydrogen-bond acceptors (Lipinski definition) is 11. The van der Waals surface area contributed by atoms with Gasteiger partial charge in [0.25, 0.3) is 0 Å². The SMILES string of the molecule is CC[C@H](C)[C@H](NC(=O)[C@H](CC(C)C)NC(=O)[C@@H](CC(C)C)NC(C)=O)C(=O)N[C@H](C(=O)N[C@@H](CCCN=C(N)N)C(=O)N[C@H](C(=O)N[C@@H](CCCCN)C(=O)NCc1ccc(C(=N)N)cc1)C(C)C)[C@@H](C)CC. The van der Waals surface area contributed by atoms with Gasteiger partial charge in [0.15, 0.2) is 5.96 Å². The molecule has 17 N–H and O–H groups in total. The normalized spacial score (nSPS) is 14.9. The summed E-state index contributed by atoms with van der Waals surface area (Å²) in [5.74, 6) is -6.33. The van der Waals surface area contributed by atoms with Crippen LogP contribution in [0.5, 0.6) is 0 Å². The summed E-state index contributed by atoms with van der Waals surface area (Å²) in [4.78, 5) is 114. The summed E-state index contributed by atoms with van der Waals surface area (Å²) in [6.45, 7) is 20.2. The van der Waals surface area contributed by atoms with Gasteiger partial charge in [-0.15, -0.1) is 0 Å². The van der Waals surface area contributed by atoms with Crippen LogP contribution in [0, 0.1) is 35.0 Å². The minimum absolute atomic E-state index is 0.0218. The fourth-order valence-corrected chi connectivity index (χ4v) is 7.78. The molecule has 0 saturated heterocycles. The number of aliphatic imine (C=N–C) groups is 1. The highest BCUT2D eigenvalue weighted by atomic mass is 16.2. The number of amides is 8. The van der Waals surface area contributed by atoms with Crippen LogP contribution in [-0.4, -0.2) is 114 Å². The predicted molar refractivity (Wildman–Crippen MR) is 284 cm³/mol. The molecule has 22 heteroatoms. The molecule has 0 aliphatic rings.